The van der Waals surface area contributed by atoms with Crippen LogP contribution in [0.5, 0.6) is 0 Å². The topological polar surface area (TPSA) is 75.8 Å². The standard InChI is InChI=1S/C11H16N2O4/c1-11(2)7-13(5-8(6-14)17-11)10(15)9-3-4-16-12-9/h3-4,8,14H,5-7H2,1-2H3. The quantitative estimate of drug-likeness (QED) is 0.804. The highest BCUT2D eigenvalue weighted by molar-refractivity contribution is 5.92. The molecule has 1 saturated heterocycles. The largest absolute Gasteiger partial charge is 0.394 e. The molecule has 1 aliphatic rings. The molecule has 1 atom stereocenters. The zero-order chi connectivity index (χ0) is 12.5. The van der Waals surface area contributed by atoms with Crippen LogP contribution < -0.4 is 0 Å². The second kappa shape index (κ2) is 4.46. The molecule has 1 fully saturated rings. The molecule has 1 aromatic heterocycles. The number of rotatable bonds is 2. The van der Waals surface area contributed by atoms with Gasteiger partial charge in [-0.05, 0) is 13.8 Å². The fourth-order valence-electron chi connectivity index (χ4n) is 2.03. The molecule has 1 aromatic rings. The lowest BCUT2D eigenvalue weighted by Crippen LogP contribution is -2.55. The highest BCUT2D eigenvalue weighted by Gasteiger charge is 2.36. The Morgan fingerprint density at radius 3 is 3.06 bits per heavy atom. The number of carbonyl (C=O) groups is 1. The molecule has 17 heavy (non-hydrogen) atoms. The van der Waals surface area contributed by atoms with Crippen LogP contribution in [0.2, 0.25) is 0 Å². The van der Waals surface area contributed by atoms with Gasteiger partial charge in [0.15, 0.2) is 5.69 Å². The second-order valence-electron chi connectivity index (χ2n) is 4.75. The first-order chi connectivity index (χ1) is 8.02. The normalized spacial score (nSPS) is 23.7. The molecule has 0 bridgehead atoms. The molecule has 0 saturated carbocycles. The predicted molar refractivity (Wildman–Crippen MR) is 58.4 cm³/mol. The van der Waals surface area contributed by atoms with Crippen LogP contribution in [0.25, 0.3) is 0 Å². The molecular formula is C11H16N2O4. The van der Waals surface area contributed by atoms with Gasteiger partial charge in [0, 0.05) is 19.2 Å². The predicted octanol–water partition coefficient (Wildman–Crippen LogP) is 0.287. The van der Waals surface area contributed by atoms with E-state index >= 15 is 0 Å². The number of aliphatic hydroxyl groups is 1. The first kappa shape index (κ1) is 12.1. The van der Waals surface area contributed by atoms with E-state index in [1.807, 2.05) is 13.8 Å². The number of amides is 1. The maximum Gasteiger partial charge on any atom is 0.276 e. The van der Waals surface area contributed by atoms with Crippen molar-refractivity contribution in [3.63, 3.8) is 0 Å². The zero-order valence-corrected chi connectivity index (χ0v) is 9.92. The van der Waals surface area contributed by atoms with Crippen LogP contribution >= 0.6 is 0 Å². The van der Waals surface area contributed by atoms with E-state index < -0.39 is 5.60 Å². The number of morpholine rings is 1. The molecule has 1 unspecified atom stereocenters. The van der Waals surface area contributed by atoms with Crippen molar-refractivity contribution >= 4 is 5.91 Å². The van der Waals surface area contributed by atoms with Crippen LogP contribution in [0, 0.1) is 0 Å². The fourth-order valence-corrected chi connectivity index (χ4v) is 2.03. The summed E-state index contributed by atoms with van der Waals surface area (Å²) in [6, 6.07) is 1.53. The monoisotopic (exact) mass is 240 g/mol. The summed E-state index contributed by atoms with van der Waals surface area (Å²) < 4.78 is 10.3. The van der Waals surface area contributed by atoms with Gasteiger partial charge in [0.1, 0.15) is 6.26 Å². The number of hydrogen-bond acceptors (Lipinski definition) is 5. The van der Waals surface area contributed by atoms with Gasteiger partial charge in [0.05, 0.1) is 18.3 Å². The van der Waals surface area contributed by atoms with Crippen LogP contribution in [0.3, 0.4) is 0 Å². The lowest BCUT2D eigenvalue weighted by atomic mass is 10.0. The minimum absolute atomic E-state index is 0.105. The van der Waals surface area contributed by atoms with Crippen LogP contribution in [0.4, 0.5) is 0 Å². The number of carbonyl (C=O) groups excluding carboxylic acids is 1. The number of ether oxygens (including phenoxy) is 1. The Hall–Kier alpha value is -1.40. The number of hydrogen-bond donors (Lipinski definition) is 1. The van der Waals surface area contributed by atoms with Crippen molar-refractivity contribution in [3.05, 3.63) is 18.0 Å². The number of aromatic nitrogens is 1. The molecular weight excluding hydrogens is 224 g/mol. The molecule has 0 aromatic carbocycles. The Morgan fingerprint density at radius 2 is 2.47 bits per heavy atom. The molecule has 1 N–H and O–H groups in total. The molecule has 2 rings (SSSR count). The highest BCUT2D eigenvalue weighted by atomic mass is 16.5. The maximum atomic E-state index is 12.1. The van der Waals surface area contributed by atoms with Gasteiger partial charge < -0.3 is 19.3 Å². The lowest BCUT2D eigenvalue weighted by molar-refractivity contribution is -0.139. The average Bonchev–Trinajstić information content (AvgIpc) is 2.79. The highest BCUT2D eigenvalue weighted by Crippen LogP contribution is 2.22. The summed E-state index contributed by atoms with van der Waals surface area (Å²) in [6.45, 7) is 4.50. The van der Waals surface area contributed by atoms with Crippen molar-refractivity contribution in [1.82, 2.24) is 10.1 Å². The smallest absolute Gasteiger partial charge is 0.276 e. The van der Waals surface area contributed by atoms with E-state index in [1.165, 1.54) is 12.3 Å². The van der Waals surface area contributed by atoms with Crippen molar-refractivity contribution < 1.29 is 19.2 Å². The van der Waals surface area contributed by atoms with E-state index in [-0.39, 0.29) is 24.3 Å². The third-order valence-electron chi connectivity index (χ3n) is 2.63. The minimum atomic E-state index is -0.467. The van der Waals surface area contributed by atoms with Crippen molar-refractivity contribution in [2.75, 3.05) is 19.7 Å². The molecule has 6 nitrogen and oxygen atoms in total. The van der Waals surface area contributed by atoms with Gasteiger partial charge in [-0.15, -0.1) is 0 Å². The maximum absolute atomic E-state index is 12.1. The van der Waals surface area contributed by atoms with Gasteiger partial charge in [-0.2, -0.15) is 0 Å². The molecule has 0 aliphatic carbocycles. The lowest BCUT2D eigenvalue weighted by Gasteiger charge is -2.41. The van der Waals surface area contributed by atoms with Crippen LogP contribution in [0.1, 0.15) is 24.3 Å². The summed E-state index contributed by atoms with van der Waals surface area (Å²) in [7, 11) is 0. The van der Waals surface area contributed by atoms with Crippen molar-refractivity contribution in [3.8, 4) is 0 Å². The van der Waals surface area contributed by atoms with Crippen LogP contribution in [-0.4, -0.2) is 52.5 Å². The molecule has 1 aliphatic heterocycles. The van der Waals surface area contributed by atoms with E-state index in [0.717, 1.165) is 0 Å². The van der Waals surface area contributed by atoms with Crippen LogP contribution in [-0.2, 0) is 4.74 Å². The number of nitrogens with zero attached hydrogens (tertiary/aromatic N) is 2. The first-order valence-corrected chi connectivity index (χ1v) is 5.50. The van der Waals surface area contributed by atoms with Gasteiger partial charge in [0.25, 0.3) is 5.91 Å². The SMILES string of the molecule is CC1(C)CN(C(=O)c2ccon2)CC(CO)O1. The van der Waals surface area contributed by atoms with Gasteiger partial charge in [-0.3, -0.25) is 4.79 Å². The van der Waals surface area contributed by atoms with E-state index in [1.54, 1.807) is 4.90 Å². The third-order valence-corrected chi connectivity index (χ3v) is 2.63. The van der Waals surface area contributed by atoms with E-state index in [2.05, 4.69) is 9.68 Å². The molecule has 1 amide bonds. The first-order valence-electron chi connectivity index (χ1n) is 5.50. The van der Waals surface area contributed by atoms with E-state index in [0.29, 0.717) is 13.1 Å². The Labute approximate surface area is 99.1 Å². The summed E-state index contributed by atoms with van der Waals surface area (Å²) in [5, 5.41) is 12.8. The summed E-state index contributed by atoms with van der Waals surface area (Å²) in [5.41, 5.74) is -0.190. The minimum Gasteiger partial charge on any atom is -0.394 e. The second-order valence-corrected chi connectivity index (χ2v) is 4.75. The van der Waals surface area contributed by atoms with Gasteiger partial charge in [0.2, 0.25) is 0 Å². The molecule has 2 heterocycles. The van der Waals surface area contributed by atoms with Crippen molar-refractivity contribution in [1.29, 1.82) is 0 Å². The van der Waals surface area contributed by atoms with Crippen LogP contribution in [0.15, 0.2) is 16.9 Å². The molecule has 0 radical (unpaired) electrons. The summed E-state index contributed by atoms with van der Waals surface area (Å²) in [4.78, 5) is 13.7. The third kappa shape index (κ3) is 2.65. The Kier molecular flexibility index (Phi) is 3.17. The summed E-state index contributed by atoms with van der Waals surface area (Å²) >= 11 is 0. The average molecular weight is 240 g/mol. The van der Waals surface area contributed by atoms with Crippen molar-refractivity contribution in [2.45, 2.75) is 25.6 Å². The van der Waals surface area contributed by atoms with Crippen molar-refractivity contribution in [2.24, 2.45) is 0 Å². The molecule has 94 valence electrons. The Morgan fingerprint density at radius 1 is 1.71 bits per heavy atom. The Bertz CT molecular complexity index is 388. The van der Waals surface area contributed by atoms with Gasteiger partial charge in [-0.1, -0.05) is 5.16 Å². The zero-order valence-electron chi connectivity index (χ0n) is 9.92. The number of aliphatic hydroxyl groups excluding tert-OH is 1. The fraction of sp³-hybridized carbons (Fsp3) is 0.636. The van der Waals surface area contributed by atoms with E-state index in [9.17, 15) is 4.79 Å². The summed E-state index contributed by atoms with van der Waals surface area (Å²) in [5.74, 6) is -0.200. The Balaban J connectivity index is 2.12. The summed E-state index contributed by atoms with van der Waals surface area (Å²) in [6.07, 6.45) is 1.01. The van der Waals surface area contributed by atoms with Gasteiger partial charge in [-0.25, -0.2) is 0 Å². The van der Waals surface area contributed by atoms with Gasteiger partial charge >= 0.3 is 0 Å². The van der Waals surface area contributed by atoms with E-state index in [4.69, 9.17) is 9.84 Å². The molecule has 0 spiro atoms. The molecule has 6 heteroatoms.